The Morgan fingerprint density at radius 2 is 1.79 bits per heavy atom. The third-order valence-electron chi connectivity index (χ3n) is 4.59. The Kier molecular flexibility index (Phi) is 17.7. The van der Waals surface area contributed by atoms with E-state index in [4.69, 9.17) is 0 Å². The van der Waals surface area contributed by atoms with E-state index in [1.165, 1.54) is 19.1 Å². The van der Waals surface area contributed by atoms with Crippen molar-refractivity contribution in [3.8, 4) is 0 Å². The number of rotatable bonds is 9. The van der Waals surface area contributed by atoms with Gasteiger partial charge in [0.05, 0.1) is 7.11 Å². The Balaban J connectivity index is 0.000000563. The fourth-order valence-electron chi connectivity index (χ4n) is 3.00. The Bertz CT molecular complexity index is 587. The number of carbonyl (C=O) groups excluding carboxylic acids is 2. The Labute approximate surface area is 178 Å². The number of ketones is 1. The van der Waals surface area contributed by atoms with Crippen LogP contribution in [0.5, 0.6) is 0 Å². The van der Waals surface area contributed by atoms with Crippen LogP contribution in [0.1, 0.15) is 77.7 Å². The van der Waals surface area contributed by atoms with Crippen LogP contribution in [-0.2, 0) is 20.7 Å². The lowest BCUT2D eigenvalue weighted by Gasteiger charge is -2.00. The number of ether oxygens (including phenoxy) is 1. The van der Waals surface area contributed by atoms with Gasteiger partial charge in [-0.2, -0.15) is 0 Å². The second kappa shape index (κ2) is 19.2. The first-order chi connectivity index (χ1) is 14.2. The van der Waals surface area contributed by atoms with Gasteiger partial charge in [-0.25, -0.2) is 0 Å². The summed E-state index contributed by atoms with van der Waals surface area (Å²) >= 11 is 0. The zero-order valence-electron chi connectivity index (χ0n) is 18.9. The van der Waals surface area contributed by atoms with Gasteiger partial charge in [0.1, 0.15) is 5.78 Å². The number of hydrogen-bond donors (Lipinski definition) is 0. The van der Waals surface area contributed by atoms with Gasteiger partial charge in [0, 0.05) is 19.3 Å². The van der Waals surface area contributed by atoms with Crippen LogP contribution in [0.15, 0.2) is 54.6 Å². The third kappa shape index (κ3) is 15.4. The minimum atomic E-state index is -0.121. The van der Waals surface area contributed by atoms with E-state index in [1.807, 2.05) is 32.9 Å². The van der Waals surface area contributed by atoms with Crippen LogP contribution in [0.4, 0.5) is 0 Å². The monoisotopic (exact) mass is 400 g/mol. The van der Waals surface area contributed by atoms with Crippen molar-refractivity contribution in [2.75, 3.05) is 7.11 Å². The van der Waals surface area contributed by atoms with Crippen molar-refractivity contribution in [2.24, 2.45) is 5.92 Å². The fourth-order valence-corrected chi connectivity index (χ4v) is 3.00. The van der Waals surface area contributed by atoms with Crippen LogP contribution >= 0.6 is 0 Å². The van der Waals surface area contributed by atoms with Crippen molar-refractivity contribution in [1.29, 1.82) is 0 Å². The minimum absolute atomic E-state index is 0.121. The van der Waals surface area contributed by atoms with Gasteiger partial charge in [0.25, 0.3) is 0 Å². The number of esters is 1. The number of Topliss-reactive ketones (excluding diaryl/α,β-unsaturated/α-hetero) is 1. The van der Waals surface area contributed by atoms with E-state index in [2.05, 4.69) is 47.2 Å². The number of benzene rings is 1. The molecule has 1 unspecified atom stereocenters. The van der Waals surface area contributed by atoms with Crippen LogP contribution in [-0.4, -0.2) is 18.9 Å². The van der Waals surface area contributed by atoms with Gasteiger partial charge in [-0.05, 0) is 56.9 Å². The van der Waals surface area contributed by atoms with Gasteiger partial charge in [-0.3, -0.25) is 9.59 Å². The maximum atomic E-state index is 11.1. The van der Waals surface area contributed by atoms with E-state index in [-0.39, 0.29) is 5.97 Å². The zero-order chi connectivity index (χ0) is 21.7. The molecular formula is C26H40O3. The van der Waals surface area contributed by atoms with Gasteiger partial charge in [0.15, 0.2) is 0 Å². The molecule has 1 aromatic rings. The summed E-state index contributed by atoms with van der Waals surface area (Å²) in [5.74, 6) is 0.840. The highest BCUT2D eigenvalue weighted by Crippen LogP contribution is 2.23. The number of carbonyl (C=O) groups is 2. The van der Waals surface area contributed by atoms with Crippen molar-refractivity contribution in [3.05, 3.63) is 60.2 Å². The predicted octanol–water partition coefficient (Wildman–Crippen LogP) is 6.87. The summed E-state index contributed by atoms with van der Waals surface area (Å²) in [6, 6.07) is 10.6. The van der Waals surface area contributed by atoms with E-state index in [0.29, 0.717) is 18.1 Å². The Morgan fingerprint density at radius 1 is 1.10 bits per heavy atom. The van der Waals surface area contributed by atoms with E-state index in [9.17, 15) is 9.59 Å². The first-order valence-electron chi connectivity index (χ1n) is 11.1. The molecule has 0 heterocycles. The van der Waals surface area contributed by atoms with Gasteiger partial charge < -0.3 is 4.74 Å². The van der Waals surface area contributed by atoms with Crippen LogP contribution < -0.4 is 0 Å². The van der Waals surface area contributed by atoms with Crippen LogP contribution in [0.3, 0.4) is 0 Å². The molecule has 0 aromatic heterocycles. The largest absolute Gasteiger partial charge is 0.469 e. The molecule has 1 saturated carbocycles. The summed E-state index contributed by atoms with van der Waals surface area (Å²) in [6.07, 6.45) is 17.0. The second-order valence-corrected chi connectivity index (χ2v) is 6.88. The quantitative estimate of drug-likeness (QED) is 0.258. The molecule has 0 amide bonds. The molecule has 3 heteroatoms. The molecular weight excluding hydrogens is 360 g/mol. The molecule has 0 bridgehead atoms. The molecule has 1 aliphatic carbocycles. The topological polar surface area (TPSA) is 43.4 Å². The SMILES string of the molecule is C/C=C\CCCC(=O)OC.CC.O=C1CCC(/C=C/CCCc2ccccc2)C1. The molecule has 0 N–H and O–H groups in total. The van der Waals surface area contributed by atoms with Crippen LogP contribution in [0.2, 0.25) is 0 Å². The highest BCUT2D eigenvalue weighted by Gasteiger charge is 2.18. The summed E-state index contributed by atoms with van der Waals surface area (Å²) in [6.45, 7) is 5.97. The Morgan fingerprint density at radius 3 is 2.38 bits per heavy atom. The van der Waals surface area contributed by atoms with E-state index >= 15 is 0 Å². The molecule has 1 fully saturated rings. The predicted molar refractivity (Wildman–Crippen MR) is 123 cm³/mol. The molecule has 29 heavy (non-hydrogen) atoms. The Hall–Kier alpha value is -2.16. The lowest BCUT2D eigenvalue weighted by atomic mass is 10.1. The summed E-state index contributed by atoms with van der Waals surface area (Å²) in [5, 5.41) is 0. The maximum Gasteiger partial charge on any atom is 0.305 e. The number of hydrogen-bond acceptors (Lipinski definition) is 3. The van der Waals surface area contributed by atoms with Crippen molar-refractivity contribution in [1.82, 2.24) is 0 Å². The van der Waals surface area contributed by atoms with Crippen molar-refractivity contribution >= 4 is 11.8 Å². The molecule has 3 nitrogen and oxygen atoms in total. The van der Waals surface area contributed by atoms with Crippen molar-refractivity contribution in [3.63, 3.8) is 0 Å². The average Bonchev–Trinajstić information content (AvgIpc) is 3.18. The maximum absolute atomic E-state index is 11.1. The van der Waals surface area contributed by atoms with Gasteiger partial charge in [-0.15, -0.1) is 0 Å². The second-order valence-electron chi connectivity index (χ2n) is 6.88. The first-order valence-corrected chi connectivity index (χ1v) is 11.1. The molecule has 1 aromatic carbocycles. The lowest BCUT2D eigenvalue weighted by molar-refractivity contribution is -0.140. The van der Waals surface area contributed by atoms with Crippen molar-refractivity contribution < 1.29 is 14.3 Å². The normalized spacial score (nSPS) is 15.6. The van der Waals surface area contributed by atoms with Gasteiger partial charge >= 0.3 is 5.97 Å². The average molecular weight is 401 g/mol. The van der Waals surface area contributed by atoms with E-state index in [0.717, 1.165) is 44.9 Å². The summed E-state index contributed by atoms with van der Waals surface area (Å²) in [5.41, 5.74) is 1.41. The van der Waals surface area contributed by atoms with Crippen molar-refractivity contribution in [2.45, 2.75) is 78.6 Å². The highest BCUT2D eigenvalue weighted by molar-refractivity contribution is 5.80. The fraction of sp³-hybridized carbons (Fsp3) is 0.538. The molecule has 0 radical (unpaired) electrons. The number of allylic oxidation sites excluding steroid dienone is 4. The minimum Gasteiger partial charge on any atom is -0.469 e. The molecule has 1 atom stereocenters. The molecule has 0 aliphatic heterocycles. The molecule has 0 spiro atoms. The highest BCUT2D eigenvalue weighted by atomic mass is 16.5. The van der Waals surface area contributed by atoms with Gasteiger partial charge in [0.2, 0.25) is 0 Å². The molecule has 2 rings (SSSR count). The molecule has 162 valence electrons. The summed E-state index contributed by atoms with van der Waals surface area (Å²) in [7, 11) is 1.41. The first kappa shape index (κ1) is 26.8. The standard InChI is InChI=1S/C16H20O.C8H14O2.C2H6/c17-16-12-11-15(13-16)10-6-2-5-9-14-7-3-1-4-8-14;1-3-4-5-6-7-8(9)10-2;1-2/h1,3-4,6-8,10,15H,2,5,9,11-13H2;3-4H,5-7H2,1-2H3;1-2H3/b10-6+;4-3-;. The smallest absolute Gasteiger partial charge is 0.305 e. The summed E-state index contributed by atoms with van der Waals surface area (Å²) in [4.78, 5) is 21.6. The zero-order valence-corrected chi connectivity index (χ0v) is 18.9. The van der Waals surface area contributed by atoms with Crippen LogP contribution in [0.25, 0.3) is 0 Å². The van der Waals surface area contributed by atoms with E-state index in [1.54, 1.807) is 0 Å². The number of aryl methyl sites for hydroxylation is 1. The van der Waals surface area contributed by atoms with Gasteiger partial charge in [-0.1, -0.05) is 68.5 Å². The number of unbranched alkanes of at least 4 members (excludes halogenated alkanes) is 2. The number of methoxy groups -OCH3 is 1. The lowest BCUT2D eigenvalue weighted by Crippen LogP contribution is -1.98. The molecule has 0 saturated heterocycles. The molecule has 1 aliphatic rings. The summed E-state index contributed by atoms with van der Waals surface area (Å²) < 4.78 is 4.47. The third-order valence-corrected chi connectivity index (χ3v) is 4.59. The van der Waals surface area contributed by atoms with E-state index < -0.39 is 0 Å². The van der Waals surface area contributed by atoms with Crippen LogP contribution in [0, 0.1) is 5.92 Å².